The second kappa shape index (κ2) is 9.58. The first-order valence-corrected chi connectivity index (χ1v) is 11.9. The number of aromatic nitrogens is 2. The van der Waals surface area contributed by atoms with E-state index in [9.17, 15) is 9.59 Å². The Balaban J connectivity index is 1.58. The van der Waals surface area contributed by atoms with Gasteiger partial charge in [-0.25, -0.2) is 4.98 Å². The molecule has 0 atom stereocenters. The molecule has 6 nitrogen and oxygen atoms in total. The zero-order chi connectivity index (χ0) is 22.7. The molecule has 0 unspecified atom stereocenters. The Kier molecular flexibility index (Phi) is 6.62. The number of thioether (sulfide) groups is 1. The Hall–Kier alpha value is -3.10. The van der Waals surface area contributed by atoms with E-state index in [1.54, 1.807) is 11.7 Å². The Labute approximate surface area is 194 Å². The first-order chi connectivity index (χ1) is 15.5. The van der Waals surface area contributed by atoms with E-state index in [4.69, 9.17) is 9.72 Å². The van der Waals surface area contributed by atoms with Crippen molar-refractivity contribution >= 4 is 39.2 Å². The Morgan fingerprint density at radius 1 is 1.19 bits per heavy atom. The number of nitrogens with zero attached hydrogens (tertiary/aromatic N) is 2. The van der Waals surface area contributed by atoms with Crippen LogP contribution >= 0.6 is 23.1 Å². The molecule has 4 aromatic rings. The molecular weight excluding hydrogens is 442 g/mol. The molecule has 1 N–H and O–H groups in total. The molecule has 2 aromatic heterocycles. The highest BCUT2D eigenvalue weighted by molar-refractivity contribution is 7.99. The maximum Gasteiger partial charge on any atom is 0.276 e. The molecule has 32 heavy (non-hydrogen) atoms. The number of carbonyl (C=O) groups is 1. The van der Waals surface area contributed by atoms with Crippen LogP contribution in [0.25, 0.3) is 15.9 Å². The molecule has 0 bridgehead atoms. The highest BCUT2D eigenvalue weighted by Crippen LogP contribution is 2.26. The molecule has 0 aliphatic rings. The van der Waals surface area contributed by atoms with Crippen LogP contribution in [0.3, 0.4) is 0 Å². The van der Waals surface area contributed by atoms with Crippen LogP contribution in [-0.4, -0.2) is 28.3 Å². The van der Waals surface area contributed by atoms with Crippen molar-refractivity contribution < 1.29 is 9.53 Å². The molecule has 0 aliphatic carbocycles. The summed E-state index contributed by atoms with van der Waals surface area (Å²) >= 11 is 2.64. The van der Waals surface area contributed by atoms with E-state index < -0.39 is 0 Å². The summed E-state index contributed by atoms with van der Waals surface area (Å²) in [4.78, 5) is 30.5. The minimum atomic E-state index is -0.134. The molecule has 1 amide bonds. The van der Waals surface area contributed by atoms with Gasteiger partial charge in [0.25, 0.3) is 5.56 Å². The Bertz CT molecular complexity index is 1340. The van der Waals surface area contributed by atoms with Crippen LogP contribution in [0.15, 0.2) is 63.9 Å². The monoisotopic (exact) mass is 465 g/mol. The molecule has 0 saturated heterocycles. The van der Waals surface area contributed by atoms with E-state index in [0.717, 1.165) is 28.1 Å². The molecule has 0 radical (unpaired) electrons. The van der Waals surface area contributed by atoms with E-state index in [0.29, 0.717) is 21.9 Å². The van der Waals surface area contributed by atoms with Crippen LogP contribution in [0, 0.1) is 13.8 Å². The molecule has 8 heteroatoms. The smallest absolute Gasteiger partial charge is 0.276 e. The molecule has 2 aromatic carbocycles. The number of fused-ring (bicyclic) bond motifs is 1. The van der Waals surface area contributed by atoms with E-state index >= 15 is 0 Å². The Morgan fingerprint density at radius 3 is 2.81 bits per heavy atom. The van der Waals surface area contributed by atoms with Gasteiger partial charge in [0.15, 0.2) is 5.16 Å². The number of aryl methyl sites for hydroxylation is 1. The van der Waals surface area contributed by atoms with Crippen LogP contribution in [0.5, 0.6) is 5.75 Å². The van der Waals surface area contributed by atoms with Crippen LogP contribution in [0.2, 0.25) is 0 Å². The second-order valence-electron chi connectivity index (χ2n) is 7.31. The number of thiophene rings is 1. The zero-order valence-corrected chi connectivity index (χ0v) is 19.7. The number of nitrogens with one attached hydrogen (secondary N) is 1. The topological polar surface area (TPSA) is 73.2 Å². The molecule has 0 aliphatic heterocycles. The van der Waals surface area contributed by atoms with E-state index in [1.807, 2.05) is 67.8 Å². The van der Waals surface area contributed by atoms with Gasteiger partial charge in [0.1, 0.15) is 10.4 Å². The van der Waals surface area contributed by atoms with Gasteiger partial charge in [-0.05, 0) is 60.2 Å². The third-order valence-electron chi connectivity index (χ3n) is 5.22. The van der Waals surface area contributed by atoms with Gasteiger partial charge in [-0.2, -0.15) is 0 Å². The van der Waals surface area contributed by atoms with Crippen molar-refractivity contribution in [3.63, 3.8) is 0 Å². The number of ether oxygens (including phenoxy) is 1. The minimum Gasteiger partial charge on any atom is -0.497 e. The lowest BCUT2D eigenvalue weighted by Gasteiger charge is -2.15. The lowest BCUT2D eigenvalue weighted by atomic mass is 10.1. The highest BCUT2D eigenvalue weighted by Gasteiger charge is 2.17. The summed E-state index contributed by atoms with van der Waals surface area (Å²) in [6, 6.07) is 15.3. The van der Waals surface area contributed by atoms with Gasteiger partial charge in [0.05, 0.1) is 24.1 Å². The third kappa shape index (κ3) is 4.56. The maximum absolute atomic E-state index is 13.3. The van der Waals surface area contributed by atoms with Crippen molar-refractivity contribution in [3.05, 3.63) is 81.0 Å². The lowest BCUT2D eigenvalue weighted by Crippen LogP contribution is -2.26. The van der Waals surface area contributed by atoms with Gasteiger partial charge in [-0.15, -0.1) is 11.3 Å². The summed E-state index contributed by atoms with van der Waals surface area (Å²) in [5.74, 6) is 0.763. The number of methoxy groups -OCH3 is 1. The van der Waals surface area contributed by atoms with Crippen LogP contribution < -0.4 is 15.6 Å². The minimum absolute atomic E-state index is 0.113. The quantitative estimate of drug-likeness (QED) is 0.322. The summed E-state index contributed by atoms with van der Waals surface area (Å²) in [5, 5.41) is 5.29. The SMILES string of the molecule is COc1cccc(CNC(=O)CSc2nc3ccsc3c(=O)n2-c2cccc(C)c2C)c1. The van der Waals surface area contributed by atoms with Crippen molar-refractivity contribution in [1.29, 1.82) is 0 Å². The van der Waals surface area contributed by atoms with Gasteiger partial charge in [-0.3, -0.25) is 14.2 Å². The van der Waals surface area contributed by atoms with Crippen molar-refractivity contribution in [2.24, 2.45) is 0 Å². The fraction of sp³-hybridized carbons (Fsp3) is 0.208. The van der Waals surface area contributed by atoms with Gasteiger partial charge in [-0.1, -0.05) is 36.0 Å². The molecule has 0 saturated carbocycles. The van der Waals surface area contributed by atoms with Crippen molar-refractivity contribution in [2.75, 3.05) is 12.9 Å². The molecule has 0 fully saturated rings. The number of carbonyl (C=O) groups excluding carboxylic acids is 1. The van der Waals surface area contributed by atoms with Gasteiger partial charge in [0.2, 0.25) is 5.91 Å². The highest BCUT2D eigenvalue weighted by atomic mass is 32.2. The van der Waals surface area contributed by atoms with Gasteiger partial charge < -0.3 is 10.1 Å². The second-order valence-corrected chi connectivity index (χ2v) is 9.16. The van der Waals surface area contributed by atoms with Crippen molar-refractivity contribution in [3.8, 4) is 11.4 Å². The lowest BCUT2D eigenvalue weighted by molar-refractivity contribution is -0.118. The van der Waals surface area contributed by atoms with Gasteiger partial charge in [0, 0.05) is 6.54 Å². The molecule has 0 spiro atoms. The van der Waals surface area contributed by atoms with E-state index in [1.165, 1.54) is 23.1 Å². The molecule has 164 valence electrons. The van der Waals surface area contributed by atoms with Crippen LogP contribution in [0.1, 0.15) is 16.7 Å². The average Bonchev–Trinajstić information content (AvgIpc) is 3.28. The molecule has 2 heterocycles. The van der Waals surface area contributed by atoms with Crippen molar-refractivity contribution in [1.82, 2.24) is 14.9 Å². The third-order valence-corrected chi connectivity index (χ3v) is 7.05. The summed E-state index contributed by atoms with van der Waals surface area (Å²) in [7, 11) is 1.61. The normalized spacial score (nSPS) is 11.0. The first-order valence-electron chi connectivity index (χ1n) is 10.1. The Morgan fingerprint density at radius 2 is 2.00 bits per heavy atom. The zero-order valence-electron chi connectivity index (χ0n) is 18.0. The predicted molar refractivity (Wildman–Crippen MR) is 130 cm³/mol. The number of amides is 1. The summed E-state index contributed by atoms with van der Waals surface area (Å²) in [6.07, 6.45) is 0. The van der Waals surface area contributed by atoms with E-state index in [-0.39, 0.29) is 17.2 Å². The number of hydrogen-bond donors (Lipinski definition) is 1. The number of benzene rings is 2. The summed E-state index contributed by atoms with van der Waals surface area (Å²) in [6.45, 7) is 4.40. The molecule has 4 rings (SSSR count). The maximum atomic E-state index is 13.3. The molecular formula is C24H23N3O3S2. The predicted octanol–water partition coefficient (Wildman–Crippen LogP) is 4.48. The largest absolute Gasteiger partial charge is 0.497 e. The van der Waals surface area contributed by atoms with Crippen molar-refractivity contribution in [2.45, 2.75) is 25.5 Å². The average molecular weight is 466 g/mol. The number of hydrogen-bond acceptors (Lipinski definition) is 6. The fourth-order valence-electron chi connectivity index (χ4n) is 3.34. The van der Waals surface area contributed by atoms with Crippen LogP contribution in [-0.2, 0) is 11.3 Å². The van der Waals surface area contributed by atoms with Gasteiger partial charge >= 0.3 is 0 Å². The van der Waals surface area contributed by atoms with Crippen LogP contribution in [0.4, 0.5) is 0 Å². The van der Waals surface area contributed by atoms with E-state index in [2.05, 4.69) is 5.32 Å². The number of rotatable bonds is 7. The summed E-state index contributed by atoms with van der Waals surface area (Å²) < 4.78 is 7.46. The first kappa shape index (κ1) is 22.1. The standard InChI is InChI=1S/C24H23N3O3S2/c1-15-6-4-9-20(16(15)2)27-23(29)22-19(10-11-31-22)26-24(27)32-14-21(28)25-13-17-7-5-8-18(12-17)30-3/h4-12H,13-14H2,1-3H3,(H,25,28). The fourth-order valence-corrected chi connectivity index (χ4v) is 4.94. The summed E-state index contributed by atoms with van der Waals surface area (Å²) in [5.41, 5.74) is 4.38.